The molecule has 0 fully saturated rings. The summed E-state index contributed by atoms with van der Waals surface area (Å²) in [6, 6.07) is 1.62. The summed E-state index contributed by atoms with van der Waals surface area (Å²) in [5.74, 6) is 1.01. The van der Waals surface area contributed by atoms with E-state index in [2.05, 4.69) is 20.1 Å². The maximum Gasteiger partial charge on any atom is 0.244 e. The van der Waals surface area contributed by atoms with Crippen LogP contribution in [0.25, 0.3) is 11.4 Å². The van der Waals surface area contributed by atoms with Crippen LogP contribution in [0.1, 0.15) is 17.6 Å². The van der Waals surface area contributed by atoms with Crippen molar-refractivity contribution in [2.24, 2.45) is 5.73 Å². The van der Waals surface area contributed by atoms with Gasteiger partial charge in [0.1, 0.15) is 0 Å². The number of hydrogen-bond acceptors (Lipinski definition) is 6. The Labute approximate surface area is 107 Å². The maximum atomic E-state index is 6.01. The molecule has 0 saturated heterocycles. The van der Waals surface area contributed by atoms with Crippen molar-refractivity contribution in [3.8, 4) is 11.4 Å². The Balaban J connectivity index is 1.77. The van der Waals surface area contributed by atoms with Gasteiger partial charge in [0.25, 0.3) is 0 Å². The summed E-state index contributed by atoms with van der Waals surface area (Å²) < 4.78 is 5.18. The van der Waals surface area contributed by atoms with Gasteiger partial charge in [0.15, 0.2) is 0 Å². The molecule has 1 atom stereocenters. The van der Waals surface area contributed by atoms with E-state index in [1.54, 1.807) is 23.9 Å². The Bertz CT molecular complexity index is 601. The molecule has 0 amide bonds. The third-order valence-electron chi connectivity index (χ3n) is 2.53. The average molecular weight is 261 g/mol. The van der Waals surface area contributed by atoms with Gasteiger partial charge in [-0.15, -0.1) is 0 Å². The highest BCUT2D eigenvalue weighted by molar-refractivity contribution is 7.08. The second-order valence-corrected chi connectivity index (χ2v) is 4.64. The topological polar surface area (TPSA) is 93.6 Å². The van der Waals surface area contributed by atoms with Crippen molar-refractivity contribution in [2.75, 3.05) is 0 Å². The Morgan fingerprint density at radius 3 is 3.17 bits per heavy atom. The van der Waals surface area contributed by atoms with Gasteiger partial charge in [-0.3, -0.25) is 0 Å². The summed E-state index contributed by atoms with van der Waals surface area (Å²) in [7, 11) is 0. The highest BCUT2D eigenvalue weighted by Crippen LogP contribution is 2.21. The lowest BCUT2D eigenvalue weighted by Gasteiger charge is -2.03. The third kappa shape index (κ3) is 2.18. The number of aromatic nitrogens is 4. The van der Waals surface area contributed by atoms with Crippen LogP contribution >= 0.6 is 11.3 Å². The fourth-order valence-corrected chi connectivity index (χ4v) is 2.25. The van der Waals surface area contributed by atoms with Gasteiger partial charge in [0, 0.05) is 29.3 Å². The summed E-state index contributed by atoms with van der Waals surface area (Å²) in [5, 5.41) is 7.86. The van der Waals surface area contributed by atoms with Crippen LogP contribution < -0.4 is 5.73 Å². The lowest BCUT2D eigenvalue weighted by molar-refractivity contribution is 0.354. The fourth-order valence-electron chi connectivity index (χ4n) is 1.62. The van der Waals surface area contributed by atoms with E-state index in [9.17, 15) is 0 Å². The van der Waals surface area contributed by atoms with Crippen LogP contribution in [0.4, 0.5) is 0 Å². The van der Waals surface area contributed by atoms with Gasteiger partial charge in [-0.25, -0.2) is 4.98 Å². The first-order chi connectivity index (χ1) is 8.83. The molecule has 7 heteroatoms. The predicted octanol–water partition coefficient (Wildman–Crippen LogP) is 1.76. The Hall–Kier alpha value is -1.99. The minimum atomic E-state index is -0.328. The van der Waals surface area contributed by atoms with Crippen molar-refractivity contribution < 1.29 is 4.52 Å². The summed E-state index contributed by atoms with van der Waals surface area (Å²) in [6.07, 6.45) is 3.94. The van der Waals surface area contributed by atoms with Gasteiger partial charge in [-0.2, -0.15) is 16.3 Å². The molecule has 18 heavy (non-hydrogen) atoms. The molecule has 0 saturated carbocycles. The molecule has 3 N–H and O–H groups in total. The molecule has 6 nitrogen and oxygen atoms in total. The normalized spacial score (nSPS) is 12.7. The molecule has 0 aliphatic rings. The monoisotopic (exact) mass is 261 g/mol. The van der Waals surface area contributed by atoms with E-state index < -0.39 is 0 Å². The first-order valence-corrected chi connectivity index (χ1v) is 6.36. The molecule has 3 rings (SSSR count). The molecule has 92 valence electrons. The smallest absolute Gasteiger partial charge is 0.244 e. The molecule has 3 aromatic rings. The molecular formula is C11H11N5OS. The number of hydrogen-bond donors (Lipinski definition) is 2. The second kappa shape index (κ2) is 4.71. The standard InChI is InChI=1S/C11H11N5OS/c12-9(3-8-4-13-6-14-8)11-15-10(16-17-11)7-1-2-18-5-7/h1-2,4-6,9H,3,12H2,(H,13,14)/t9-/m1/s1. The van der Waals surface area contributed by atoms with Gasteiger partial charge in [0.05, 0.1) is 12.4 Å². The average Bonchev–Trinajstić information content (AvgIpc) is 3.11. The second-order valence-electron chi connectivity index (χ2n) is 3.86. The molecule has 0 aliphatic heterocycles. The van der Waals surface area contributed by atoms with Crippen molar-refractivity contribution in [1.29, 1.82) is 0 Å². The summed E-state index contributed by atoms with van der Waals surface area (Å²) in [6.45, 7) is 0. The van der Waals surface area contributed by atoms with Crippen LogP contribution in [-0.2, 0) is 6.42 Å². The molecule has 0 unspecified atom stereocenters. The maximum absolute atomic E-state index is 6.01. The van der Waals surface area contributed by atoms with E-state index in [0.29, 0.717) is 18.1 Å². The Morgan fingerprint density at radius 1 is 1.50 bits per heavy atom. The van der Waals surface area contributed by atoms with Crippen molar-refractivity contribution in [3.63, 3.8) is 0 Å². The molecule has 0 aromatic carbocycles. The highest BCUT2D eigenvalue weighted by atomic mass is 32.1. The summed E-state index contributed by atoms with van der Waals surface area (Å²) in [4.78, 5) is 11.2. The number of H-pyrrole nitrogens is 1. The van der Waals surface area contributed by atoms with Crippen LogP contribution in [0.2, 0.25) is 0 Å². The van der Waals surface area contributed by atoms with E-state index in [1.165, 1.54) is 0 Å². The number of nitrogens with zero attached hydrogens (tertiary/aromatic N) is 3. The van der Waals surface area contributed by atoms with E-state index in [0.717, 1.165) is 11.3 Å². The van der Waals surface area contributed by atoms with Gasteiger partial charge >= 0.3 is 0 Å². The van der Waals surface area contributed by atoms with E-state index >= 15 is 0 Å². The van der Waals surface area contributed by atoms with Crippen LogP contribution in [0.15, 0.2) is 33.9 Å². The Morgan fingerprint density at radius 2 is 2.44 bits per heavy atom. The third-order valence-corrected chi connectivity index (χ3v) is 3.22. The SMILES string of the molecule is N[C@H](Cc1cnc[nH]1)c1nc(-c2ccsc2)no1. The van der Waals surface area contributed by atoms with Crippen LogP contribution in [0.5, 0.6) is 0 Å². The number of nitrogens with one attached hydrogen (secondary N) is 1. The molecule has 0 bridgehead atoms. The minimum absolute atomic E-state index is 0.328. The molecule has 3 aromatic heterocycles. The van der Waals surface area contributed by atoms with Crippen molar-refractivity contribution in [2.45, 2.75) is 12.5 Å². The zero-order valence-electron chi connectivity index (χ0n) is 9.41. The zero-order chi connectivity index (χ0) is 12.4. The highest BCUT2D eigenvalue weighted by Gasteiger charge is 2.16. The Kier molecular flexibility index (Phi) is 2.91. The van der Waals surface area contributed by atoms with E-state index in [-0.39, 0.29) is 6.04 Å². The molecular weight excluding hydrogens is 250 g/mol. The molecule has 0 aliphatic carbocycles. The molecule has 0 spiro atoms. The quantitative estimate of drug-likeness (QED) is 0.746. The van der Waals surface area contributed by atoms with Gasteiger partial charge in [0.2, 0.25) is 11.7 Å². The lowest BCUT2D eigenvalue weighted by Crippen LogP contribution is -2.13. The molecule has 0 radical (unpaired) electrons. The first kappa shape index (κ1) is 11.1. The minimum Gasteiger partial charge on any atom is -0.348 e. The van der Waals surface area contributed by atoms with Crippen LogP contribution in [0.3, 0.4) is 0 Å². The number of thiophene rings is 1. The van der Waals surface area contributed by atoms with E-state index in [4.69, 9.17) is 10.3 Å². The van der Waals surface area contributed by atoms with Gasteiger partial charge < -0.3 is 15.2 Å². The summed E-state index contributed by atoms with van der Waals surface area (Å²) >= 11 is 1.59. The van der Waals surface area contributed by atoms with Crippen molar-refractivity contribution in [1.82, 2.24) is 20.1 Å². The summed E-state index contributed by atoms with van der Waals surface area (Å²) in [5.41, 5.74) is 7.90. The van der Waals surface area contributed by atoms with E-state index in [1.807, 2.05) is 16.8 Å². The van der Waals surface area contributed by atoms with Gasteiger partial charge in [-0.1, -0.05) is 5.16 Å². The van der Waals surface area contributed by atoms with Crippen molar-refractivity contribution >= 4 is 11.3 Å². The lowest BCUT2D eigenvalue weighted by atomic mass is 10.2. The van der Waals surface area contributed by atoms with Crippen molar-refractivity contribution in [3.05, 3.63) is 40.9 Å². The number of aromatic amines is 1. The molecule has 3 heterocycles. The first-order valence-electron chi connectivity index (χ1n) is 5.42. The number of rotatable bonds is 4. The predicted molar refractivity (Wildman–Crippen MR) is 66.8 cm³/mol. The number of nitrogens with two attached hydrogens (primary N) is 1. The largest absolute Gasteiger partial charge is 0.348 e. The fraction of sp³-hybridized carbons (Fsp3) is 0.182. The van der Waals surface area contributed by atoms with Crippen LogP contribution in [-0.4, -0.2) is 20.1 Å². The van der Waals surface area contributed by atoms with Crippen LogP contribution in [0, 0.1) is 0 Å². The number of imidazole rings is 1. The van der Waals surface area contributed by atoms with Gasteiger partial charge in [-0.05, 0) is 11.4 Å². The zero-order valence-corrected chi connectivity index (χ0v) is 10.2.